The fraction of sp³-hybridized carbons (Fsp3) is 0.200. The van der Waals surface area contributed by atoms with Crippen molar-refractivity contribution in [1.82, 2.24) is 0 Å². The lowest BCUT2D eigenvalue weighted by Gasteiger charge is -2.15. The second-order valence-electron chi connectivity index (χ2n) is 6.32. The van der Waals surface area contributed by atoms with Gasteiger partial charge in [-0.15, -0.1) is 11.8 Å². The van der Waals surface area contributed by atoms with E-state index in [0.29, 0.717) is 16.4 Å². The van der Waals surface area contributed by atoms with E-state index in [0.717, 1.165) is 4.90 Å². The van der Waals surface area contributed by atoms with Gasteiger partial charge in [0.25, 0.3) is 0 Å². The van der Waals surface area contributed by atoms with Gasteiger partial charge in [-0.1, -0.05) is 11.6 Å². The molecule has 1 saturated heterocycles. The molecule has 1 aliphatic heterocycles. The molecule has 2 aromatic rings. The molecule has 0 aliphatic carbocycles. The Hall–Kier alpha value is -2.84. The van der Waals surface area contributed by atoms with Crippen molar-refractivity contribution in [1.29, 1.82) is 0 Å². The summed E-state index contributed by atoms with van der Waals surface area (Å²) in [6.45, 7) is 0. The molecule has 1 atom stereocenters. The number of carboxylic acids is 1. The van der Waals surface area contributed by atoms with E-state index in [1.807, 2.05) is 0 Å². The molecule has 2 N–H and O–H groups in total. The number of rotatable bonds is 7. The quantitative estimate of drug-likeness (QED) is 0.648. The number of carboxylic acid groups (broad SMARTS) is 1. The Balaban J connectivity index is 1.61. The number of benzene rings is 2. The van der Waals surface area contributed by atoms with Gasteiger partial charge >= 0.3 is 5.97 Å². The zero-order valence-corrected chi connectivity index (χ0v) is 16.7. The third kappa shape index (κ3) is 5.36. The molecule has 1 unspecified atom stereocenters. The first kappa shape index (κ1) is 20.9. The van der Waals surface area contributed by atoms with E-state index < -0.39 is 11.2 Å². The number of carbonyl (C=O) groups is 4. The third-order valence-corrected chi connectivity index (χ3v) is 5.62. The van der Waals surface area contributed by atoms with Crippen LogP contribution >= 0.6 is 23.4 Å². The SMILES string of the molecule is O=C(O)CCC(=O)Nc1ccc(SC2CC(=O)N(c3ccc(Cl)cc3)C2=O)cc1. The first-order chi connectivity index (χ1) is 13.8. The standard InChI is InChI=1S/C20H17ClN2O5S/c21-12-1-5-14(6-2-12)23-18(25)11-16(20(23)28)29-15-7-3-13(4-8-15)22-17(24)9-10-19(26)27/h1-8,16H,9-11H2,(H,22,24)(H,26,27). The summed E-state index contributed by atoms with van der Waals surface area (Å²) in [5, 5.41) is 11.2. The lowest BCUT2D eigenvalue weighted by atomic mass is 10.2. The number of anilines is 2. The molecular weight excluding hydrogens is 416 g/mol. The molecule has 1 fully saturated rings. The summed E-state index contributed by atoms with van der Waals surface area (Å²) >= 11 is 7.14. The number of aliphatic carboxylic acids is 1. The molecule has 1 aliphatic rings. The van der Waals surface area contributed by atoms with E-state index in [1.54, 1.807) is 48.5 Å². The molecule has 3 rings (SSSR count). The highest BCUT2D eigenvalue weighted by Gasteiger charge is 2.40. The van der Waals surface area contributed by atoms with E-state index in [4.69, 9.17) is 16.7 Å². The highest BCUT2D eigenvalue weighted by molar-refractivity contribution is 8.00. The van der Waals surface area contributed by atoms with Crippen LogP contribution in [0.3, 0.4) is 0 Å². The highest BCUT2D eigenvalue weighted by Crippen LogP contribution is 2.34. The average Bonchev–Trinajstić information content (AvgIpc) is 2.96. The molecule has 150 valence electrons. The van der Waals surface area contributed by atoms with Crippen LogP contribution in [0.25, 0.3) is 0 Å². The molecule has 29 heavy (non-hydrogen) atoms. The minimum atomic E-state index is -1.03. The van der Waals surface area contributed by atoms with E-state index in [2.05, 4.69) is 5.32 Å². The Bertz CT molecular complexity index is 946. The summed E-state index contributed by atoms with van der Waals surface area (Å²) in [5.74, 6) is -1.97. The molecule has 0 saturated carbocycles. The Morgan fingerprint density at radius 3 is 2.34 bits per heavy atom. The van der Waals surface area contributed by atoms with Crippen molar-refractivity contribution in [3.05, 3.63) is 53.6 Å². The van der Waals surface area contributed by atoms with Gasteiger partial charge < -0.3 is 10.4 Å². The van der Waals surface area contributed by atoms with Gasteiger partial charge in [-0.2, -0.15) is 0 Å². The molecule has 3 amide bonds. The summed E-state index contributed by atoms with van der Waals surface area (Å²) in [6.07, 6.45) is -0.243. The number of thioether (sulfide) groups is 1. The Labute approximate surface area is 176 Å². The molecule has 2 aromatic carbocycles. The number of nitrogens with one attached hydrogen (secondary N) is 1. The topological polar surface area (TPSA) is 104 Å². The Kier molecular flexibility index (Phi) is 6.56. The smallest absolute Gasteiger partial charge is 0.303 e. The van der Waals surface area contributed by atoms with Crippen molar-refractivity contribution in [3.63, 3.8) is 0 Å². The fourth-order valence-corrected chi connectivity index (χ4v) is 3.96. The largest absolute Gasteiger partial charge is 0.481 e. The van der Waals surface area contributed by atoms with Gasteiger partial charge in [0.15, 0.2) is 0 Å². The minimum absolute atomic E-state index is 0.0970. The normalized spacial score (nSPS) is 16.2. The fourth-order valence-electron chi connectivity index (χ4n) is 2.78. The van der Waals surface area contributed by atoms with Gasteiger partial charge in [0, 0.05) is 28.4 Å². The molecule has 0 aromatic heterocycles. The van der Waals surface area contributed by atoms with Crippen LogP contribution in [0.4, 0.5) is 11.4 Å². The monoisotopic (exact) mass is 432 g/mol. The average molecular weight is 433 g/mol. The van der Waals surface area contributed by atoms with Crippen molar-refractivity contribution in [2.75, 3.05) is 10.2 Å². The summed E-state index contributed by atoms with van der Waals surface area (Å²) in [4.78, 5) is 49.1. The third-order valence-electron chi connectivity index (χ3n) is 4.17. The van der Waals surface area contributed by atoms with Crippen molar-refractivity contribution >= 4 is 58.4 Å². The maximum atomic E-state index is 12.7. The van der Waals surface area contributed by atoms with Crippen LogP contribution in [0.2, 0.25) is 5.02 Å². The van der Waals surface area contributed by atoms with Crippen LogP contribution in [0.15, 0.2) is 53.4 Å². The summed E-state index contributed by atoms with van der Waals surface area (Å²) in [7, 11) is 0. The maximum absolute atomic E-state index is 12.7. The van der Waals surface area contributed by atoms with Gasteiger partial charge in [0.1, 0.15) is 0 Å². The molecular formula is C20H17ClN2O5S. The van der Waals surface area contributed by atoms with Crippen LogP contribution in [-0.4, -0.2) is 34.0 Å². The highest BCUT2D eigenvalue weighted by atomic mass is 35.5. The number of nitrogens with zero attached hydrogens (tertiary/aromatic N) is 1. The summed E-state index contributed by atoms with van der Waals surface area (Å²) in [5.41, 5.74) is 1.02. The molecule has 0 radical (unpaired) electrons. The minimum Gasteiger partial charge on any atom is -0.481 e. The van der Waals surface area contributed by atoms with Crippen molar-refractivity contribution < 1.29 is 24.3 Å². The van der Waals surface area contributed by atoms with Crippen molar-refractivity contribution in [2.45, 2.75) is 29.4 Å². The lowest BCUT2D eigenvalue weighted by Crippen LogP contribution is -2.31. The van der Waals surface area contributed by atoms with Gasteiger partial charge in [-0.05, 0) is 48.5 Å². The van der Waals surface area contributed by atoms with E-state index >= 15 is 0 Å². The van der Waals surface area contributed by atoms with Crippen LogP contribution in [0, 0.1) is 0 Å². The predicted octanol–water partition coefficient (Wildman–Crippen LogP) is 3.57. The van der Waals surface area contributed by atoms with E-state index in [9.17, 15) is 19.2 Å². The number of imide groups is 1. The number of halogens is 1. The van der Waals surface area contributed by atoms with Gasteiger partial charge in [-0.25, -0.2) is 4.90 Å². The first-order valence-electron chi connectivity index (χ1n) is 8.74. The second-order valence-corrected chi connectivity index (χ2v) is 8.03. The van der Waals surface area contributed by atoms with Crippen LogP contribution in [0.5, 0.6) is 0 Å². The van der Waals surface area contributed by atoms with Gasteiger partial charge in [-0.3, -0.25) is 19.2 Å². The van der Waals surface area contributed by atoms with Crippen LogP contribution in [0.1, 0.15) is 19.3 Å². The Morgan fingerprint density at radius 2 is 1.72 bits per heavy atom. The number of amides is 3. The van der Waals surface area contributed by atoms with Gasteiger partial charge in [0.2, 0.25) is 17.7 Å². The molecule has 7 nitrogen and oxygen atoms in total. The molecule has 0 spiro atoms. The van der Waals surface area contributed by atoms with Crippen LogP contribution in [-0.2, 0) is 19.2 Å². The first-order valence-corrected chi connectivity index (χ1v) is 10.00. The summed E-state index contributed by atoms with van der Waals surface area (Å²) < 4.78 is 0. The number of hydrogen-bond acceptors (Lipinski definition) is 5. The predicted molar refractivity (Wildman–Crippen MR) is 110 cm³/mol. The lowest BCUT2D eigenvalue weighted by molar-refractivity contribution is -0.138. The number of carbonyl (C=O) groups excluding carboxylic acids is 3. The van der Waals surface area contributed by atoms with E-state index in [-0.39, 0.29) is 37.0 Å². The number of hydrogen-bond donors (Lipinski definition) is 2. The molecule has 9 heteroatoms. The Morgan fingerprint density at radius 1 is 1.07 bits per heavy atom. The zero-order chi connectivity index (χ0) is 21.0. The molecule has 1 heterocycles. The van der Waals surface area contributed by atoms with Crippen molar-refractivity contribution in [3.8, 4) is 0 Å². The molecule has 0 bridgehead atoms. The zero-order valence-electron chi connectivity index (χ0n) is 15.1. The van der Waals surface area contributed by atoms with Crippen molar-refractivity contribution in [2.24, 2.45) is 0 Å². The maximum Gasteiger partial charge on any atom is 0.303 e. The second kappa shape index (κ2) is 9.11. The van der Waals surface area contributed by atoms with E-state index in [1.165, 1.54) is 16.7 Å². The summed E-state index contributed by atoms with van der Waals surface area (Å²) in [6, 6.07) is 13.3. The van der Waals surface area contributed by atoms with Gasteiger partial charge in [0.05, 0.1) is 17.4 Å². The van der Waals surface area contributed by atoms with Crippen LogP contribution < -0.4 is 10.2 Å².